The molecule has 0 radical (unpaired) electrons. The molecule has 0 saturated heterocycles. The monoisotopic (exact) mass is 599 g/mol. The predicted octanol–water partition coefficient (Wildman–Crippen LogP) is 11.3. The summed E-state index contributed by atoms with van der Waals surface area (Å²) >= 11 is 0. The number of para-hydroxylation sites is 3. The fraction of sp³-hybridized carbons (Fsp3) is 0. The Kier molecular flexibility index (Phi) is 5.32. The molecular formula is C43H25N3O. The summed E-state index contributed by atoms with van der Waals surface area (Å²) in [6.45, 7) is 0. The SMILES string of the molecule is N#Cc1ccccc1-c1cccc(-n2c3ccc(-n4c5ccccc5c5ccccc54)cc3c3ccc4c5ccccc5oc4c32)c1. The molecule has 3 aromatic heterocycles. The van der Waals surface area contributed by atoms with E-state index < -0.39 is 0 Å². The number of hydrogen-bond acceptors (Lipinski definition) is 2. The maximum atomic E-state index is 9.87. The third kappa shape index (κ3) is 3.63. The molecule has 0 amide bonds. The summed E-state index contributed by atoms with van der Waals surface area (Å²) in [7, 11) is 0. The smallest absolute Gasteiger partial charge is 0.160 e. The van der Waals surface area contributed by atoms with Gasteiger partial charge in [-0.2, -0.15) is 5.26 Å². The van der Waals surface area contributed by atoms with Crippen LogP contribution in [0.25, 0.3) is 88.1 Å². The maximum Gasteiger partial charge on any atom is 0.160 e. The van der Waals surface area contributed by atoms with Gasteiger partial charge in [-0.15, -0.1) is 0 Å². The molecule has 4 nitrogen and oxygen atoms in total. The van der Waals surface area contributed by atoms with Crippen LogP contribution in [-0.4, -0.2) is 9.13 Å². The first-order valence-electron chi connectivity index (χ1n) is 15.8. The van der Waals surface area contributed by atoms with E-state index >= 15 is 0 Å². The number of rotatable bonds is 3. The Hall–Kier alpha value is -6.57. The molecule has 10 rings (SSSR count). The highest BCUT2D eigenvalue weighted by Crippen LogP contribution is 2.42. The second-order valence-electron chi connectivity index (χ2n) is 12.1. The van der Waals surface area contributed by atoms with Gasteiger partial charge in [0.1, 0.15) is 5.58 Å². The average molecular weight is 600 g/mol. The van der Waals surface area contributed by atoms with Crippen molar-refractivity contribution >= 4 is 65.6 Å². The first kappa shape index (κ1) is 25.7. The summed E-state index contributed by atoms with van der Waals surface area (Å²) < 4.78 is 11.3. The Morgan fingerprint density at radius 1 is 0.468 bits per heavy atom. The van der Waals surface area contributed by atoms with Gasteiger partial charge < -0.3 is 13.6 Å². The summed E-state index contributed by atoms with van der Waals surface area (Å²) in [6.07, 6.45) is 0. The summed E-state index contributed by atoms with van der Waals surface area (Å²) in [5, 5.41) is 16.8. The number of nitrogens with zero attached hydrogens (tertiary/aromatic N) is 3. The van der Waals surface area contributed by atoms with Crippen LogP contribution in [0.4, 0.5) is 0 Å². The largest absolute Gasteiger partial charge is 0.454 e. The van der Waals surface area contributed by atoms with Gasteiger partial charge >= 0.3 is 0 Å². The lowest BCUT2D eigenvalue weighted by Gasteiger charge is -2.12. The van der Waals surface area contributed by atoms with Crippen LogP contribution in [-0.2, 0) is 0 Å². The predicted molar refractivity (Wildman–Crippen MR) is 193 cm³/mol. The van der Waals surface area contributed by atoms with Gasteiger partial charge in [0.05, 0.1) is 33.7 Å². The van der Waals surface area contributed by atoms with Crippen molar-refractivity contribution in [3.63, 3.8) is 0 Å². The highest BCUT2D eigenvalue weighted by molar-refractivity contribution is 6.22. The van der Waals surface area contributed by atoms with E-state index in [1.165, 1.54) is 21.8 Å². The standard InChI is InChI=1S/C43H25N3O/c44-26-28-10-1-2-13-31(28)27-11-9-12-29(24-27)46-40-23-20-30(45-38-17-6-3-14-32(38)33-15-4-7-18-39(33)45)25-37(40)35-21-22-36-34-16-5-8-19-41(34)47-43(36)42(35)46/h1-25H. The Morgan fingerprint density at radius 2 is 1.13 bits per heavy atom. The second-order valence-corrected chi connectivity index (χ2v) is 12.1. The molecule has 0 unspecified atom stereocenters. The van der Waals surface area contributed by atoms with Crippen molar-refractivity contribution in [1.82, 2.24) is 9.13 Å². The Bertz CT molecular complexity index is 2880. The zero-order valence-corrected chi connectivity index (χ0v) is 25.2. The van der Waals surface area contributed by atoms with Crippen molar-refractivity contribution in [3.05, 3.63) is 157 Å². The zero-order valence-electron chi connectivity index (χ0n) is 25.2. The maximum absolute atomic E-state index is 9.87. The van der Waals surface area contributed by atoms with Gasteiger partial charge in [0, 0.05) is 43.7 Å². The number of benzene rings is 7. The molecule has 0 aliphatic heterocycles. The van der Waals surface area contributed by atoms with Gasteiger partial charge in [-0.1, -0.05) is 91.0 Å². The van der Waals surface area contributed by atoms with Gasteiger partial charge in [0.2, 0.25) is 0 Å². The number of aromatic nitrogens is 2. The van der Waals surface area contributed by atoms with E-state index in [2.05, 4.69) is 130 Å². The van der Waals surface area contributed by atoms with E-state index in [9.17, 15) is 5.26 Å². The summed E-state index contributed by atoms with van der Waals surface area (Å²) in [5.74, 6) is 0. The first-order chi connectivity index (χ1) is 23.3. The van der Waals surface area contributed by atoms with Crippen LogP contribution < -0.4 is 0 Å². The van der Waals surface area contributed by atoms with E-state index in [1.54, 1.807) is 0 Å². The highest BCUT2D eigenvalue weighted by atomic mass is 16.3. The molecule has 0 N–H and O–H groups in total. The first-order valence-corrected chi connectivity index (χ1v) is 15.8. The summed E-state index contributed by atoms with van der Waals surface area (Å²) in [5.41, 5.74) is 10.9. The average Bonchev–Trinajstić information content (AvgIpc) is 3.79. The van der Waals surface area contributed by atoms with E-state index in [4.69, 9.17) is 4.42 Å². The molecule has 0 atom stereocenters. The number of hydrogen-bond donors (Lipinski definition) is 0. The van der Waals surface area contributed by atoms with E-state index in [1.807, 2.05) is 36.4 Å². The van der Waals surface area contributed by atoms with Crippen molar-refractivity contribution in [2.45, 2.75) is 0 Å². The molecule has 0 spiro atoms. The number of furan rings is 1. The second kappa shape index (κ2) is 9.71. The minimum atomic E-state index is 0.655. The van der Waals surface area contributed by atoms with Crippen molar-refractivity contribution in [2.24, 2.45) is 0 Å². The fourth-order valence-electron chi connectivity index (χ4n) is 7.52. The molecule has 10 aromatic rings. The van der Waals surface area contributed by atoms with Gasteiger partial charge in [0.25, 0.3) is 0 Å². The van der Waals surface area contributed by atoms with Crippen molar-refractivity contribution in [2.75, 3.05) is 0 Å². The molecular weight excluding hydrogens is 574 g/mol. The van der Waals surface area contributed by atoms with Gasteiger partial charge in [-0.25, -0.2) is 0 Å². The molecule has 0 aliphatic rings. The van der Waals surface area contributed by atoms with Gasteiger partial charge in [0.15, 0.2) is 5.58 Å². The minimum Gasteiger partial charge on any atom is -0.454 e. The van der Waals surface area contributed by atoms with Crippen molar-refractivity contribution in [1.29, 1.82) is 5.26 Å². The topological polar surface area (TPSA) is 46.8 Å². The van der Waals surface area contributed by atoms with Crippen LogP contribution in [0, 0.1) is 11.3 Å². The van der Waals surface area contributed by atoms with E-state index in [0.29, 0.717) is 5.56 Å². The lowest BCUT2D eigenvalue weighted by molar-refractivity contribution is 0.671. The molecule has 0 saturated carbocycles. The minimum absolute atomic E-state index is 0.655. The number of fused-ring (bicyclic) bond motifs is 10. The quantitative estimate of drug-likeness (QED) is 0.203. The fourth-order valence-corrected chi connectivity index (χ4v) is 7.52. The van der Waals surface area contributed by atoms with E-state index in [0.717, 1.165) is 66.2 Å². The molecule has 3 heterocycles. The molecule has 7 aromatic carbocycles. The third-order valence-electron chi connectivity index (χ3n) is 9.56. The molecule has 47 heavy (non-hydrogen) atoms. The van der Waals surface area contributed by atoms with Crippen molar-refractivity contribution in [3.8, 4) is 28.6 Å². The van der Waals surface area contributed by atoms with Crippen LogP contribution in [0.3, 0.4) is 0 Å². The zero-order chi connectivity index (χ0) is 31.1. The van der Waals surface area contributed by atoms with Gasteiger partial charge in [-0.3, -0.25) is 0 Å². The third-order valence-corrected chi connectivity index (χ3v) is 9.56. The molecule has 0 fully saturated rings. The number of nitriles is 1. The Balaban J connectivity index is 1.31. The normalized spacial score (nSPS) is 11.8. The van der Waals surface area contributed by atoms with E-state index in [-0.39, 0.29) is 0 Å². The molecule has 0 aliphatic carbocycles. The Labute approximate surface area is 269 Å². The van der Waals surface area contributed by atoms with Crippen LogP contribution in [0.15, 0.2) is 156 Å². The van der Waals surface area contributed by atoms with Crippen LogP contribution in [0.2, 0.25) is 0 Å². The van der Waals surface area contributed by atoms with Crippen LogP contribution >= 0.6 is 0 Å². The summed E-state index contributed by atoms with van der Waals surface area (Å²) in [6, 6.07) is 55.3. The molecule has 0 bridgehead atoms. The lowest BCUT2D eigenvalue weighted by atomic mass is 10.00. The molecule has 218 valence electrons. The van der Waals surface area contributed by atoms with Crippen LogP contribution in [0.1, 0.15) is 5.56 Å². The molecule has 4 heteroatoms. The highest BCUT2D eigenvalue weighted by Gasteiger charge is 2.21. The van der Waals surface area contributed by atoms with Gasteiger partial charge in [-0.05, 0) is 71.8 Å². The van der Waals surface area contributed by atoms with Crippen LogP contribution in [0.5, 0.6) is 0 Å². The summed E-state index contributed by atoms with van der Waals surface area (Å²) in [4.78, 5) is 0. The van der Waals surface area contributed by atoms with Crippen molar-refractivity contribution < 1.29 is 4.42 Å². The lowest BCUT2D eigenvalue weighted by Crippen LogP contribution is -1.96. The Morgan fingerprint density at radius 3 is 1.94 bits per heavy atom.